The third-order valence-corrected chi connectivity index (χ3v) is 0.732. The Morgan fingerprint density at radius 1 is 1.36 bits per heavy atom. The quantitative estimate of drug-likeness (QED) is 0.345. The van der Waals surface area contributed by atoms with Crippen LogP contribution in [0.2, 0.25) is 0 Å². The Hall–Kier alpha value is -1.42. The highest BCUT2D eigenvalue weighted by Crippen LogP contribution is 1.87. The molecule has 1 amide bonds. The first-order chi connectivity index (χ1) is 5.20. The molecular formula is C4H3N3O3S. The third kappa shape index (κ3) is 5.05. The number of nitrogens with one attached hydrogen (secondary N) is 1. The summed E-state index contributed by atoms with van der Waals surface area (Å²) in [5.41, 5.74) is 0. The van der Waals surface area contributed by atoms with Crippen LogP contribution in [0.5, 0.6) is 0 Å². The average Bonchev–Trinajstić information content (AvgIpc) is 1.87. The number of nitrogens with zero attached hydrogens (tertiary/aromatic N) is 2. The van der Waals surface area contributed by atoms with E-state index in [-0.39, 0.29) is 0 Å². The molecule has 0 aliphatic rings. The normalized spacial score (nSPS) is 10.3. The first-order valence-corrected chi connectivity index (χ1v) is 2.79. The monoisotopic (exact) mass is 173 g/mol. The number of hydrogen-bond donors (Lipinski definition) is 2. The SMILES string of the molecule is O=C=NC(N=C=O)NC(=O)S. The van der Waals surface area contributed by atoms with Gasteiger partial charge in [-0.3, -0.25) is 4.79 Å². The number of aliphatic imine (C=N–C) groups is 2. The van der Waals surface area contributed by atoms with Gasteiger partial charge in [-0.1, -0.05) is 12.6 Å². The lowest BCUT2D eigenvalue weighted by atomic mass is 10.8. The van der Waals surface area contributed by atoms with Crippen molar-refractivity contribution in [1.29, 1.82) is 0 Å². The second-order valence-electron chi connectivity index (χ2n) is 1.26. The molecule has 58 valence electrons. The Bertz CT molecular complexity index is 223. The molecule has 0 atom stereocenters. The number of amides is 1. The van der Waals surface area contributed by atoms with Gasteiger partial charge in [-0.25, -0.2) is 9.59 Å². The molecule has 1 N–H and O–H groups in total. The number of rotatable bonds is 3. The summed E-state index contributed by atoms with van der Waals surface area (Å²) in [6, 6.07) is 0. The summed E-state index contributed by atoms with van der Waals surface area (Å²) >= 11 is 3.29. The van der Waals surface area contributed by atoms with Gasteiger partial charge < -0.3 is 5.32 Å². The molecule has 11 heavy (non-hydrogen) atoms. The molecule has 0 bridgehead atoms. The minimum absolute atomic E-state index is 0.756. The van der Waals surface area contributed by atoms with Crippen LogP contribution in [0, 0.1) is 0 Å². The zero-order chi connectivity index (χ0) is 8.69. The van der Waals surface area contributed by atoms with E-state index in [1.807, 2.05) is 5.32 Å². The van der Waals surface area contributed by atoms with E-state index < -0.39 is 11.5 Å². The van der Waals surface area contributed by atoms with E-state index in [9.17, 15) is 14.4 Å². The van der Waals surface area contributed by atoms with Crippen molar-refractivity contribution in [1.82, 2.24) is 5.32 Å². The van der Waals surface area contributed by atoms with E-state index in [4.69, 9.17) is 0 Å². The number of carbonyl (C=O) groups is 1. The first-order valence-electron chi connectivity index (χ1n) is 2.34. The highest BCUT2D eigenvalue weighted by atomic mass is 32.1. The largest absolute Gasteiger partial charge is 0.305 e. The summed E-state index contributed by atoms with van der Waals surface area (Å²) in [7, 11) is 0. The molecule has 0 aromatic rings. The molecule has 0 spiro atoms. The molecule has 0 aliphatic heterocycles. The second kappa shape index (κ2) is 5.37. The molecule has 0 fully saturated rings. The Balaban J connectivity index is 4.21. The Morgan fingerprint density at radius 3 is 2.09 bits per heavy atom. The van der Waals surface area contributed by atoms with Crippen molar-refractivity contribution in [3.8, 4) is 0 Å². The van der Waals surface area contributed by atoms with Crippen molar-refractivity contribution in [2.24, 2.45) is 9.98 Å². The topological polar surface area (TPSA) is 88.0 Å². The fraction of sp³-hybridized carbons (Fsp3) is 0.250. The van der Waals surface area contributed by atoms with E-state index >= 15 is 0 Å². The van der Waals surface area contributed by atoms with Crippen LogP contribution < -0.4 is 5.32 Å². The molecule has 0 saturated heterocycles. The van der Waals surface area contributed by atoms with E-state index in [2.05, 4.69) is 22.6 Å². The Labute approximate surface area is 66.8 Å². The molecule has 6 nitrogen and oxygen atoms in total. The van der Waals surface area contributed by atoms with E-state index in [0.29, 0.717) is 0 Å². The molecule has 0 heterocycles. The lowest BCUT2D eigenvalue weighted by Gasteiger charge is -2.00. The zero-order valence-electron chi connectivity index (χ0n) is 5.14. The van der Waals surface area contributed by atoms with Gasteiger partial charge in [0.2, 0.25) is 18.4 Å². The average molecular weight is 173 g/mol. The lowest BCUT2D eigenvalue weighted by Crippen LogP contribution is -2.27. The zero-order valence-corrected chi connectivity index (χ0v) is 6.04. The molecule has 0 saturated carbocycles. The second-order valence-corrected chi connectivity index (χ2v) is 1.67. The van der Waals surface area contributed by atoms with Crippen LogP contribution >= 0.6 is 12.6 Å². The van der Waals surface area contributed by atoms with Gasteiger partial charge in [0.25, 0.3) is 5.24 Å². The van der Waals surface area contributed by atoms with Gasteiger partial charge in [0.05, 0.1) is 0 Å². The highest BCUT2D eigenvalue weighted by Gasteiger charge is 2.03. The van der Waals surface area contributed by atoms with E-state index in [0.717, 1.165) is 12.2 Å². The van der Waals surface area contributed by atoms with Crippen LogP contribution in [-0.2, 0) is 9.59 Å². The summed E-state index contributed by atoms with van der Waals surface area (Å²) in [5.74, 6) is 0. The van der Waals surface area contributed by atoms with Crippen LogP contribution in [0.25, 0.3) is 0 Å². The van der Waals surface area contributed by atoms with Gasteiger partial charge >= 0.3 is 0 Å². The van der Waals surface area contributed by atoms with Gasteiger partial charge in [-0.15, -0.1) is 0 Å². The fourth-order valence-electron chi connectivity index (χ4n) is 0.304. The maximum Gasteiger partial charge on any atom is 0.279 e. The van der Waals surface area contributed by atoms with Crippen molar-refractivity contribution in [3.63, 3.8) is 0 Å². The van der Waals surface area contributed by atoms with Crippen LogP contribution in [0.3, 0.4) is 0 Å². The van der Waals surface area contributed by atoms with E-state index in [1.54, 1.807) is 0 Å². The summed E-state index contributed by atoms with van der Waals surface area (Å²) in [5, 5.41) is 1.19. The van der Waals surface area contributed by atoms with Crippen molar-refractivity contribution in [3.05, 3.63) is 0 Å². The maximum absolute atomic E-state index is 10.2. The number of carbonyl (C=O) groups excluding carboxylic acids is 3. The summed E-state index contributed by atoms with van der Waals surface area (Å²) in [4.78, 5) is 35.3. The van der Waals surface area contributed by atoms with E-state index in [1.165, 1.54) is 0 Å². The van der Waals surface area contributed by atoms with Gasteiger partial charge in [0, 0.05) is 0 Å². The maximum atomic E-state index is 10.2. The van der Waals surface area contributed by atoms with Crippen molar-refractivity contribution >= 4 is 30.0 Å². The standard InChI is InChI=1S/C4H3N3O3S/c8-1-5-3(6-2-9)7-4(10)11/h3H,(H2,7,10,11). The molecule has 0 unspecified atom stereocenters. The van der Waals surface area contributed by atoms with Gasteiger partial charge in [0.15, 0.2) is 0 Å². The fourth-order valence-corrected chi connectivity index (χ4v) is 0.419. The van der Waals surface area contributed by atoms with Crippen LogP contribution in [-0.4, -0.2) is 23.7 Å². The molecule has 7 heteroatoms. The summed E-state index contributed by atoms with van der Waals surface area (Å²) in [6.45, 7) is 0. The predicted octanol–water partition coefficient (Wildman–Crippen LogP) is -0.419. The molecule has 0 radical (unpaired) electrons. The Kier molecular flexibility index (Phi) is 4.68. The minimum atomic E-state index is -1.27. The Morgan fingerprint density at radius 2 is 1.82 bits per heavy atom. The van der Waals surface area contributed by atoms with Crippen LogP contribution in [0.15, 0.2) is 9.98 Å². The predicted molar refractivity (Wildman–Crippen MR) is 37.5 cm³/mol. The van der Waals surface area contributed by atoms with Crippen LogP contribution in [0.1, 0.15) is 0 Å². The van der Waals surface area contributed by atoms with Crippen molar-refractivity contribution < 1.29 is 14.4 Å². The van der Waals surface area contributed by atoms with Gasteiger partial charge in [-0.2, -0.15) is 9.98 Å². The highest BCUT2D eigenvalue weighted by molar-refractivity contribution is 7.96. The smallest absolute Gasteiger partial charge is 0.279 e. The lowest BCUT2D eigenvalue weighted by molar-refractivity contribution is 0.258. The number of hydrogen-bond acceptors (Lipinski definition) is 5. The molecular weight excluding hydrogens is 170 g/mol. The number of isocyanates is 2. The summed E-state index contributed by atoms with van der Waals surface area (Å²) in [6.07, 6.45) is 0.955. The van der Waals surface area contributed by atoms with Crippen LogP contribution in [0.4, 0.5) is 4.79 Å². The van der Waals surface area contributed by atoms with Crippen molar-refractivity contribution in [2.45, 2.75) is 6.29 Å². The summed E-state index contributed by atoms with van der Waals surface area (Å²) < 4.78 is 0. The molecule has 0 aromatic heterocycles. The van der Waals surface area contributed by atoms with Crippen molar-refractivity contribution in [2.75, 3.05) is 0 Å². The van der Waals surface area contributed by atoms with Gasteiger partial charge in [0.1, 0.15) is 0 Å². The first kappa shape index (κ1) is 9.58. The molecule has 0 aliphatic carbocycles. The number of thiol groups is 1. The van der Waals surface area contributed by atoms with Gasteiger partial charge in [-0.05, 0) is 0 Å². The molecule has 0 rings (SSSR count). The molecule has 0 aromatic carbocycles. The minimum Gasteiger partial charge on any atom is -0.305 e. The third-order valence-electron chi connectivity index (χ3n) is 0.603.